The lowest BCUT2D eigenvalue weighted by molar-refractivity contribution is -0.256. The van der Waals surface area contributed by atoms with Gasteiger partial charge in [-0.1, -0.05) is 0 Å². The summed E-state index contributed by atoms with van der Waals surface area (Å²) in [4.78, 5) is 14.3. The molecule has 6 nitrogen and oxygen atoms in total. The number of carboxylic acid groups (broad SMARTS) is 1. The van der Waals surface area contributed by atoms with Crippen molar-refractivity contribution in [2.24, 2.45) is 0 Å². The van der Waals surface area contributed by atoms with Gasteiger partial charge in [0, 0.05) is 0 Å². The van der Waals surface area contributed by atoms with Crippen LogP contribution in [0.5, 0.6) is 0 Å². The average molecular weight is 213 g/mol. The second kappa shape index (κ2) is 3.82. The third-order valence-electron chi connectivity index (χ3n) is 1.97. The topological polar surface area (TPSA) is 94.6 Å². The first-order valence-electron chi connectivity index (χ1n) is 4.34. The van der Waals surface area contributed by atoms with E-state index in [1.54, 1.807) is 24.3 Å². The van der Waals surface area contributed by atoms with Crippen LogP contribution in [0.25, 0.3) is 5.69 Å². The summed E-state index contributed by atoms with van der Waals surface area (Å²) in [5.74, 6) is -1.67. The summed E-state index contributed by atoms with van der Waals surface area (Å²) < 4.78 is 1.14. The van der Waals surface area contributed by atoms with Crippen LogP contribution in [0.2, 0.25) is 0 Å². The summed E-state index contributed by atoms with van der Waals surface area (Å²) in [7, 11) is 0. The van der Waals surface area contributed by atoms with Crippen LogP contribution in [0.4, 0.5) is 0 Å². The molecule has 0 radical (unpaired) electrons. The molecule has 0 N–H and O–H groups in total. The first kappa shape index (κ1) is 9.86. The van der Waals surface area contributed by atoms with Crippen LogP contribution in [0, 0.1) is 11.3 Å². The van der Waals surface area contributed by atoms with Gasteiger partial charge in [-0.25, -0.2) is 9.67 Å². The van der Waals surface area contributed by atoms with Gasteiger partial charge in [0.1, 0.15) is 12.3 Å². The molecule has 0 bridgehead atoms. The van der Waals surface area contributed by atoms with Gasteiger partial charge in [-0.15, -0.1) is 0 Å². The van der Waals surface area contributed by atoms with Crippen LogP contribution >= 0.6 is 0 Å². The Hall–Kier alpha value is -2.68. The fourth-order valence-corrected chi connectivity index (χ4v) is 1.25. The van der Waals surface area contributed by atoms with Crippen molar-refractivity contribution >= 4 is 5.97 Å². The van der Waals surface area contributed by atoms with Crippen molar-refractivity contribution in [2.45, 2.75) is 0 Å². The predicted octanol–water partition coefficient (Wildman–Crippen LogP) is -0.498. The van der Waals surface area contributed by atoms with Crippen LogP contribution in [-0.4, -0.2) is 20.7 Å². The smallest absolute Gasteiger partial charge is 0.178 e. The Morgan fingerprint density at radius 1 is 1.38 bits per heavy atom. The molecular formula is C10H5N4O2-. The molecule has 2 rings (SSSR count). The summed E-state index contributed by atoms with van der Waals surface area (Å²) in [6.45, 7) is 0. The number of carbonyl (C=O) groups is 1. The van der Waals surface area contributed by atoms with Crippen molar-refractivity contribution in [1.82, 2.24) is 14.8 Å². The molecule has 78 valence electrons. The lowest BCUT2D eigenvalue weighted by Gasteiger charge is -2.05. The summed E-state index contributed by atoms with van der Waals surface area (Å²) in [6, 6.07) is 8.26. The molecule has 1 heterocycles. The highest BCUT2D eigenvalue weighted by molar-refractivity contribution is 5.81. The van der Waals surface area contributed by atoms with Gasteiger partial charge < -0.3 is 9.90 Å². The van der Waals surface area contributed by atoms with Gasteiger partial charge in [0.2, 0.25) is 0 Å². The molecule has 6 heteroatoms. The Morgan fingerprint density at radius 3 is 2.62 bits per heavy atom. The number of aromatic carboxylic acids is 1. The van der Waals surface area contributed by atoms with Gasteiger partial charge in [-0.2, -0.15) is 10.4 Å². The normalized spacial score (nSPS) is 9.69. The third kappa shape index (κ3) is 1.62. The minimum absolute atomic E-state index is 0.273. The largest absolute Gasteiger partial charge is 0.541 e. The third-order valence-corrected chi connectivity index (χ3v) is 1.97. The number of carbonyl (C=O) groups excluding carboxylic acids is 1. The Morgan fingerprint density at radius 2 is 2.06 bits per heavy atom. The number of hydrogen-bond donors (Lipinski definition) is 0. The first-order valence-corrected chi connectivity index (χ1v) is 4.34. The lowest BCUT2D eigenvalue weighted by atomic mass is 10.2. The van der Waals surface area contributed by atoms with Crippen molar-refractivity contribution in [2.75, 3.05) is 0 Å². The molecule has 0 spiro atoms. The van der Waals surface area contributed by atoms with Gasteiger partial charge in [0.05, 0.1) is 17.3 Å². The molecule has 1 aromatic carbocycles. The van der Waals surface area contributed by atoms with E-state index >= 15 is 0 Å². The van der Waals surface area contributed by atoms with E-state index < -0.39 is 5.97 Å². The lowest BCUT2D eigenvalue weighted by Crippen LogP contribution is -2.26. The average Bonchev–Trinajstić information content (AvgIpc) is 2.78. The van der Waals surface area contributed by atoms with Crippen molar-refractivity contribution in [3.8, 4) is 11.8 Å². The van der Waals surface area contributed by atoms with Crippen molar-refractivity contribution in [3.63, 3.8) is 0 Å². The summed E-state index contributed by atoms with van der Waals surface area (Å²) >= 11 is 0. The number of nitriles is 1. The molecule has 2 aromatic rings. The van der Waals surface area contributed by atoms with Crippen molar-refractivity contribution < 1.29 is 9.90 Å². The quantitative estimate of drug-likeness (QED) is 0.670. The Kier molecular flexibility index (Phi) is 2.36. The Labute approximate surface area is 90.4 Å². The maximum atomic E-state index is 10.7. The molecule has 0 aliphatic heterocycles. The highest BCUT2D eigenvalue weighted by Crippen LogP contribution is 2.09. The molecule has 0 aliphatic carbocycles. The standard InChI is InChI=1S/C10H6N4O2/c11-5-7-1-3-8(4-2-7)14-9(10(15)16)12-6-13-14/h1-4,6H,(H,15,16)/p-1. The van der Waals surface area contributed by atoms with Crippen LogP contribution in [0.1, 0.15) is 16.2 Å². The molecule has 0 unspecified atom stereocenters. The molecule has 0 atom stereocenters. The summed E-state index contributed by atoms with van der Waals surface area (Å²) in [6.07, 6.45) is 1.13. The zero-order chi connectivity index (χ0) is 11.5. The van der Waals surface area contributed by atoms with Crippen molar-refractivity contribution in [1.29, 1.82) is 5.26 Å². The minimum atomic E-state index is -1.40. The van der Waals surface area contributed by atoms with Crippen LogP contribution in [-0.2, 0) is 0 Å². The summed E-state index contributed by atoms with van der Waals surface area (Å²) in [5, 5.41) is 23.1. The predicted molar refractivity (Wildman–Crippen MR) is 50.4 cm³/mol. The molecule has 1 aromatic heterocycles. The monoisotopic (exact) mass is 213 g/mol. The molecule has 0 amide bonds. The first-order chi connectivity index (χ1) is 7.72. The number of hydrogen-bond acceptors (Lipinski definition) is 5. The number of carboxylic acids is 1. The van der Waals surface area contributed by atoms with E-state index in [1.807, 2.05) is 6.07 Å². The maximum absolute atomic E-state index is 10.7. The zero-order valence-corrected chi connectivity index (χ0v) is 7.99. The second-order valence-electron chi connectivity index (χ2n) is 2.94. The highest BCUT2D eigenvalue weighted by Gasteiger charge is 2.06. The van der Waals surface area contributed by atoms with Crippen molar-refractivity contribution in [3.05, 3.63) is 42.0 Å². The molecule has 0 saturated heterocycles. The fraction of sp³-hybridized carbons (Fsp3) is 0. The molecule has 0 fully saturated rings. The second-order valence-corrected chi connectivity index (χ2v) is 2.94. The highest BCUT2D eigenvalue weighted by atomic mass is 16.4. The molecule has 0 aliphatic rings. The molecule has 0 saturated carbocycles. The van der Waals surface area contributed by atoms with E-state index in [4.69, 9.17) is 5.26 Å². The van der Waals surface area contributed by atoms with E-state index in [2.05, 4.69) is 10.1 Å². The van der Waals surface area contributed by atoms with E-state index in [9.17, 15) is 9.90 Å². The number of rotatable bonds is 2. The molecular weight excluding hydrogens is 208 g/mol. The van der Waals surface area contributed by atoms with E-state index in [0.717, 1.165) is 11.0 Å². The number of benzene rings is 1. The Bertz CT molecular complexity index is 565. The number of aromatic nitrogens is 3. The van der Waals surface area contributed by atoms with E-state index in [0.29, 0.717) is 11.3 Å². The van der Waals surface area contributed by atoms with Gasteiger partial charge in [0.15, 0.2) is 5.82 Å². The fourth-order valence-electron chi connectivity index (χ4n) is 1.25. The van der Waals surface area contributed by atoms with E-state index in [-0.39, 0.29) is 5.82 Å². The minimum Gasteiger partial charge on any atom is -0.541 e. The molecule has 16 heavy (non-hydrogen) atoms. The zero-order valence-electron chi connectivity index (χ0n) is 7.99. The van der Waals surface area contributed by atoms with Crippen LogP contribution in [0.3, 0.4) is 0 Å². The maximum Gasteiger partial charge on any atom is 0.178 e. The van der Waals surface area contributed by atoms with E-state index in [1.165, 1.54) is 0 Å². The van der Waals surface area contributed by atoms with Crippen LogP contribution in [0.15, 0.2) is 30.6 Å². The Balaban J connectivity index is 2.47. The summed E-state index contributed by atoms with van der Waals surface area (Å²) in [5.41, 5.74) is 0.995. The van der Waals surface area contributed by atoms with Gasteiger partial charge >= 0.3 is 0 Å². The van der Waals surface area contributed by atoms with Crippen LogP contribution < -0.4 is 5.11 Å². The van der Waals surface area contributed by atoms with Gasteiger partial charge in [0.25, 0.3) is 0 Å². The van der Waals surface area contributed by atoms with Gasteiger partial charge in [-0.05, 0) is 24.3 Å². The SMILES string of the molecule is N#Cc1ccc(-n2ncnc2C(=O)[O-])cc1. The van der Waals surface area contributed by atoms with Gasteiger partial charge in [-0.3, -0.25) is 0 Å². The number of nitrogens with zero attached hydrogens (tertiary/aromatic N) is 4.